The molecule has 7 nitrogen and oxygen atoms in total. The number of carbonyl (C=O) groups excluding carboxylic acids is 1. The van der Waals surface area contributed by atoms with Crippen molar-refractivity contribution in [2.45, 2.75) is 32.7 Å². The molecule has 158 valence electrons. The number of hydrogen-bond donors (Lipinski definition) is 0. The molecule has 0 radical (unpaired) electrons. The highest BCUT2D eigenvalue weighted by molar-refractivity contribution is 5.76. The van der Waals surface area contributed by atoms with E-state index in [0.717, 1.165) is 22.6 Å². The zero-order chi connectivity index (χ0) is 21.5. The van der Waals surface area contributed by atoms with E-state index in [0.29, 0.717) is 31.1 Å². The summed E-state index contributed by atoms with van der Waals surface area (Å²) in [5.74, 6) is 2.52. The molecule has 3 rings (SSSR count). The molecular formula is C23H27N3O4. The van der Waals surface area contributed by atoms with Gasteiger partial charge in [-0.05, 0) is 55.8 Å². The molecule has 3 aromatic rings. The lowest BCUT2D eigenvalue weighted by Crippen LogP contribution is -2.33. The van der Waals surface area contributed by atoms with Gasteiger partial charge in [-0.25, -0.2) is 0 Å². The SMILES string of the molecule is CCN(C(=O)CCc1nc(-c2ccc(OC)cc2)no1)C(C)c1cccc(OC)c1. The minimum absolute atomic E-state index is 0.0389. The lowest BCUT2D eigenvalue weighted by atomic mass is 10.1. The number of ether oxygens (including phenoxy) is 2. The largest absolute Gasteiger partial charge is 0.497 e. The van der Waals surface area contributed by atoms with E-state index < -0.39 is 0 Å². The van der Waals surface area contributed by atoms with Crippen molar-refractivity contribution in [1.29, 1.82) is 0 Å². The second-order valence-electron chi connectivity index (χ2n) is 6.87. The van der Waals surface area contributed by atoms with Gasteiger partial charge in [0.2, 0.25) is 17.6 Å². The lowest BCUT2D eigenvalue weighted by Gasteiger charge is -2.28. The fourth-order valence-corrected chi connectivity index (χ4v) is 3.32. The average molecular weight is 409 g/mol. The maximum absolute atomic E-state index is 12.9. The summed E-state index contributed by atoms with van der Waals surface area (Å²) in [5.41, 5.74) is 1.86. The minimum atomic E-state index is -0.0601. The van der Waals surface area contributed by atoms with E-state index in [-0.39, 0.29) is 11.9 Å². The van der Waals surface area contributed by atoms with Crippen molar-refractivity contribution in [3.05, 3.63) is 60.0 Å². The minimum Gasteiger partial charge on any atom is -0.497 e. The normalized spacial score (nSPS) is 11.7. The van der Waals surface area contributed by atoms with Gasteiger partial charge in [0.25, 0.3) is 0 Å². The van der Waals surface area contributed by atoms with Gasteiger partial charge in [0, 0.05) is 24.9 Å². The van der Waals surface area contributed by atoms with Gasteiger partial charge in [0.1, 0.15) is 11.5 Å². The van der Waals surface area contributed by atoms with E-state index in [1.54, 1.807) is 14.2 Å². The van der Waals surface area contributed by atoms with Gasteiger partial charge in [-0.1, -0.05) is 17.3 Å². The second kappa shape index (κ2) is 9.91. The fraction of sp³-hybridized carbons (Fsp3) is 0.348. The van der Waals surface area contributed by atoms with Gasteiger partial charge in [-0.15, -0.1) is 0 Å². The predicted molar refractivity (Wildman–Crippen MR) is 113 cm³/mol. The molecule has 0 aliphatic rings. The van der Waals surface area contributed by atoms with E-state index in [2.05, 4.69) is 10.1 Å². The van der Waals surface area contributed by atoms with Gasteiger partial charge >= 0.3 is 0 Å². The smallest absolute Gasteiger partial charge is 0.227 e. The third kappa shape index (κ3) is 4.97. The van der Waals surface area contributed by atoms with Crippen LogP contribution in [0.25, 0.3) is 11.4 Å². The summed E-state index contributed by atoms with van der Waals surface area (Å²) < 4.78 is 15.8. The zero-order valence-electron chi connectivity index (χ0n) is 17.8. The van der Waals surface area contributed by atoms with Crippen LogP contribution in [0.15, 0.2) is 53.1 Å². The van der Waals surface area contributed by atoms with Crippen LogP contribution in [0, 0.1) is 0 Å². The standard InChI is InChI=1S/C23H27N3O4/c1-5-26(16(2)18-7-6-8-20(15-18)29-4)22(27)14-13-21-24-23(25-30-21)17-9-11-19(28-3)12-10-17/h6-12,15-16H,5,13-14H2,1-4H3. The van der Waals surface area contributed by atoms with Crippen molar-refractivity contribution < 1.29 is 18.8 Å². The highest BCUT2D eigenvalue weighted by Gasteiger charge is 2.21. The summed E-state index contributed by atoms with van der Waals surface area (Å²) in [5, 5.41) is 4.02. The van der Waals surface area contributed by atoms with Crippen molar-refractivity contribution in [2.24, 2.45) is 0 Å². The Morgan fingerprint density at radius 2 is 1.83 bits per heavy atom. The number of aryl methyl sites for hydroxylation is 1. The average Bonchev–Trinajstić information content (AvgIpc) is 3.27. The van der Waals surface area contributed by atoms with Crippen LogP contribution in [0.1, 0.15) is 37.8 Å². The molecule has 1 atom stereocenters. The topological polar surface area (TPSA) is 77.7 Å². The molecule has 7 heteroatoms. The van der Waals surface area contributed by atoms with Crippen LogP contribution in [0.5, 0.6) is 11.5 Å². The molecule has 0 N–H and O–H groups in total. The Hall–Kier alpha value is -3.35. The Morgan fingerprint density at radius 1 is 1.10 bits per heavy atom. The van der Waals surface area contributed by atoms with Crippen LogP contribution in [0.2, 0.25) is 0 Å². The number of rotatable bonds is 9. The number of aromatic nitrogens is 2. The molecule has 1 heterocycles. The lowest BCUT2D eigenvalue weighted by molar-refractivity contribution is -0.133. The van der Waals surface area contributed by atoms with Crippen LogP contribution in [0.3, 0.4) is 0 Å². The van der Waals surface area contributed by atoms with Gasteiger partial charge in [0.15, 0.2) is 0 Å². The molecule has 1 aromatic heterocycles. The van der Waals surface area contributed by atoms with Crippen LogP contribution in [0.4, 0.5) is 0 Å². The molecule has 2 aromatic carbocycles. The second-order valence-corrected chi connectivity index (χ2v) is 6.87. The maximum Gasteiger partial charge on any atom is 0.227 e. The number of nitrogens with zero attached hydrogens (tertiary/aromatic N) is 3. The first-order valence-corrected chi connectivity index (χ1v) is 9.96. The first-order valence-electron chi connectivity index (χ1n) is 9.96. The first-order chi connectivity index (χ1) is 14.5. The molecule has 1 unspecified atom stereocenters. The molecule has 0 saturated heterocycles. The van der Waals surface area contributed by atoms with E-state index in [4.69, 9.17) is 14.0 Å². The van der Waals surface area contributed by atoms with Crippen LogP contribution >= 0.6 is 0 Å². The maximum atomic E-state index is 12.9. The molecule has 30 heavy (non-hydrogen) atoms. The summed E-state index contributed by atoms with van der Waals surface area (Å²) in [4.78, 5) is 19.1. The van der Waals surface area contributed by atoms with Crippen LogP contribution < -0.4 is 9.47 Å². The van der Waals surface area contributed by atoms with Crippen LogP contribution in [-0.2, 0) is 11.2 Å². The Morgan fingerprint density at radius 3 is 2.50 bits per heavy atom. The van der Waals surface area contributed by atoms with Crippen molar-refractivity contribution >= 4 is 5.91 Å². The fourth-order valence-electron chi connectivity index (χ4n) is 3.32. The summed E-state index contributed by atoms with van der Waals surface area (Å²) >= 11 is 0. The molecule has 0 bridgehead atoms. The number of hydrogen-bond acceptors (Lipinski definition) is 6. The molecule has 0 aliphatic heterocycles. The monoisotopic (exact) mass is 409 g/mol. The number of benzene rings is 2. The Kier molecular flexibility index (Phi) is 7.06. The van der Waals surface area contributed by atoms with Crippen molar-refractivity contribution in [3.63, 3.8) is 0 Å². The molecule has 0 saturated carbocycles. The summed E-state index contributed by atoms with van der Waals surface area (Å²) in [6, 6.07) is 15.1. The van der Waals surface area contributed by atoms with E-state index in [1.807, 2.05) is 67.3 Å². The summed E-state index contributed by atoms with van der Waals surface area (Å²) in [7, 11) is 3.25. The summed E-state index contributed by atoms with van der Waals surface area (Å²) in [6.45, 7) is 4.60. The highest BCUT2D eigenvalue weighted by atomic mass is 16.5. The number of carbonyl (C=O) groups is 1. The van der Waals surface area contributed by atoms with E-state index >= 15 is 0 Å². The first kappa shape index (κ1) is 21.4. The van der Waals surface area contributed by atoms with Gasteiger partial charge in [-0.3, -0.25) is 4.79 Å². The Bertz CT molecular complexity index is 969. The number of amides is 1. The molecule has 0 aliphatic carbocycles. The molecule has 1 amide bonds. The van der Waals surface area contributed by atoms with E-state index in [1.165, 1.54) is 0 Å². The van der Waals surface area contributed by atoms with Gasteiger partial charge in [-0.2, -0.15) is 4.98 Å². The van der Waals surface area contributed by atoms with Gasteiger partial charge < -0.3 is 18.9 Å². The molecule has 0 spiro atoms. The van der Waals surface area contributed by atoms with Crippen molar-refractivity contribution in [2.75, 3.05) is 20.8 Å². The Labute approximate surface area is 176 Å². The van der Waals surface area contributed by atoms with Crippen molar-refractivity contribution in [1.82, 2.24) is 15.0 Å². The third-order valence-electron chi connectivity index (χ3n) is 5.07. The summed E-state index contributed by atoms with van der Waals surface area (Å²) in [6.07, 6.45) is 0.690. The predicted octanol–water partition coefficient (Wildman–Crippen LogP) is 4.30. The molecular weight excluding hydrogens is 382 g/mol. The highest BCUT2D eigenvalue weighted by Crippen LogP contribution is 2.25. The quantitative estimate of drug-likeness (QED) is 0.524. The third-order valence-corrected chi connectivity index (χ3v) is 5.07. The molecule has 0 fully saturated rings. The van der Waals surface area contributed by atoms with Crippen molar-refractivity contribution in [3.8, 4) is 22.9 Å². The zero-order valence-corrected chi connectivity index (χ0v) is 17.8. The van der Waals surface area contributed by atoms with E-state index in [9.17, 15) is 4.79 Å². The van der Waals surface area contributed by atoms with Crippen LogP contribution in [-0.4, -0.2) is 41.7 Å². The Balaban J connectivity index is 1.62. The van der Waals surface area contributed by atoms with Gasteiger partial charge in [0.05, 0.1) is 20.3 Å². The number of methoxy groups -OCH3 is 2.